The van der Waals surface area contributed by atoms with Gasteiger partial charge in [0, 0.05) is 23.8 Å². The molecule has 0 radical (unpaired) electrons. The molecule has 0 aliphatic carbocycles. The van der Waals surface area contributed by atoms with Gasteiger partial charge >= 0.3 is 0 Å². The van der Waals surface area contributed by atoms with E-state index < -0.39 is 0 Å². The second kappa shape index (κ2) is 4.18. The van der Waals surface area contributed by atoms with Crippen LogP contribution in [0, 0.1) is 0 Å². The minimum absolute atomic E-state index is 0.0150. The normalized spacial score (nSPS) is 15.7. The van der Waals surface area contributed by atoms with E-state index in [2.05, 4.69) is 20.9 Å². The summed E-state index contributed by atoms with van der Waals surface area (Å²) < 4.78 is 0.777. The van der Waals surface area contributed by atoms with E-state index in [-0.39, 0.29) is 5.91 Å². The lowest BCUT2D eigenvalue weighted by Gasteiger charge is -2.15. The molecule has 2 N–H and O–H groups in total. The molecular formula is C10H12BrN3O. The van der Waals surface area contributed by atoms with Gasteiger partial charge in [-0.15, -0.1) is 0 Å². The number of halogens is 1. The molecule has 4 nitrogen and oxygen atoms in total. The third-order valence-corrected chi connectivity index (χ3v) is 2.94. The van der Waals surface area contributed by atoms with Gasteiger partial charge in [0.05, 0.1) is 5.56 Å². The fraction of sp³-hybridized carbons (Fsp3) is 0.400. The number of nitrogens with two attached hydrogens (primary N) is 1. The molecule has 0 bridgehead atoms. The molecule has 0 unspecified atom stereocenters. The number of rotatable bonds is 1. The SMILES string of the molecule is Nc1ncc(Br)cc1C(=O)N1CCCC1. The van der Waals surface area contributed by atoms with E-state index in [0.717, 1.165) is 30.4 Å². The summed E-state index contributed by atoms with van der Waals surface area (Å²) >= 11 is 3.28. The van der Waals surface area contributed by atoms with Crippen molar-refractivity contribution < 1.29 is 4.79 Å². The van der Waals surface area contributed by atoms with Gasteiger partial charge in [0.1, 0.15) is 5.82 Å². The largest absolute Gasteiger partial charge is 0.383 e. The quantitative estimate of drug-likeness (QED) is 0.844. The first-order chi connectivity index (χ1) is 7.18. The van der Waals surface area contributed by atoms with Crippen molar-refractivity contribution in [1.29, 1.82) is 0 Å². The number of aromatic nitrogens is 1. The van der Waals surface area contributed by atoms with Crippen LogP contribution >= 0.6 is 15.9 Å². The van der Waals surface area contributed by atoms with Crippen LogP contribution in [-0.2, 0) is 0 Å². The van der Waals surface area contributed by atoms with E-state index in [9.17, 15) is 4.79 Å². The highest BCUT2D eigenvalue weighted by atomic mass is 79.9. The van der Waals surface area contributed by atoms with Gasteiger partial charge in [0.25, 0.3) is 5.91 Å². The summed E-state index contributed by atoms with van der Waals surface area (Å²) in [5.74, 6) is 0.286. The van der Waals surface area contributed by atoms with Gasteiger partial charge in [-0.25, -0.2) is 4.98 Å². The van der Waals surface area contributed by atoms with Crippen LogP contribution < -0.4 is 5.73 Å². The summed E-state index contributed by atoms with van der Waals surface area (Å²) in [6, 6.07) is 1.73. The van der Waals surface area contributed by atoms with Gasteiger partial charge in [-0.1, -0.05) is 0 Å². The lowest BCUT2D eigenvalue weighted by atomic mass is 10.2. The highest BCUT2D eigenvalue weighted by Crippen LogP contribution is 2.19. The molecule has 15 heavy (non-hydrogen) atoms. The van der Waals surface area contributed by atoms with Crippen molar-refractivity contribution in [3.63, 3.8) is 0 Å². The molecule has 2 heterocycles. The number of anilines is 1. The Kier molecular flexibility index (Phi) is 2.90. The maximum Gasteiger partial charge on any atom is 0.257 e. The van der Waals surface area contributed by atoms with Crippen molar-refractivity contribution in [3.05, 3.63) is 22.3 Å². The highest BCUT2D eigenvalue weighted by molar-refractivity contribution is 9.10. The number of likely N-dealkylation sites (tertiary alicyclic amines) is 1. The van der Waals surface area contributed by atoms with Crippen LogP contribution in [0.3, 0.4) is 0 Å². The molecule has 1 fully saturated rings. The number of nitrogens with zero attached hydrogens (tertiary/aromatic N) is 2. The maximum absolute atomic E-state index is 12.0. The van der Waals surface area contributed by atoms with Gasteiger partial charge in [-0.3, -0.25) is 4.79 Å². The topological polar surface area (TPSA) is 59.2 Å². The van der Waals surface area contributed by atoms with Gasteiger partial charge in [-0.05, 0) is 34.8 Å². The van der Waals surface area contributed by atoms with Crippen molar-refractivity contribution in [2.75, 3.05) is 18.8 Å². The second-order valence-electron chi connectivity index (χ2n) is 3.59. The van der Waals surface area contributed by atoms with E-state index in [1.54, 1.807) is 12.3 Å². The number of hydrogen-bond donors (Lipinski definition) is 1. The zero-order valence-electron chi connectivity index (χ0n) is 8.24. The van der Waals surface area contributed by atoms with Crippen molar-refractivity contribution >= 4 is 27.7 Å². The van der Waals surface area contributed by atoms with Crippen LogP contribution in [0.2, 0.25) is 0 Å². The molecule has 1 amide bonds. The average Bonchev–Trinajstić information content (AvgIpc) is 2.74. The molecule has 1 saturated heterocycles. The van der Waals surface area contributed by atoms with Crippen LogP contribution in [0.15, 0.2) is 16.7 Å². The number of hydrogen-bond acceptors (Lipinski definition) is 3. The Morgan fingerprint density at radius 2 is 2.13 bits per heavy atom. The Labute approximate surface area is 96.6 Å². The predicted molar refractivity (Wildman–Crippen MR) is 61.5 cm³/mol. The Hall–Kier alpha value is -1.10. The maximum atomic E-state index is 12.0. The highest BCUT2D eigenvalue weighted by Gasteiger charge is 2.21. The summed E-state index contributed by atoms with van der Waals surface area (Å²) in [6.07, 6.45) is 3.75. The third-order valence-electron chi connectivity index (χ3n) is 2.51. The molecule has 80 valence electrons. The molecule has 0 atom stereocenters. The van der Waals surface area contributed by atoms with E-state index in [0.29, 0.717) is 11.4 Å². The minimum atomic E-state index is -0.0150. The van der Waals surface area contributed by atoms with E-state index in [1.807, 2.05) is 4.90 Å². The van der Waals surface area contributed by atoms with E-state index in [4.69, 9.17) is 5.73 Å². The fourth-order valence-electron chi connectivity index (χ4n) is 1.71. The zero-order chi connectivity index (χ0) is 10.8. The van der Waals surface area contributed by atoms with Gasteiger partial charge < -0.3 is 10.6 Å². The van der Waals surface area contributed by atoms with Crippen LogP contribution in [-0.4, -0.2) is 28.9 Å². The summed E-state index contributed by atoms with van der Waals surface area (Å²) in [6.45, 7) is 1.65. The number of nitrogen functional groups attached to an aromatic ring is 1. The first-order valence-electron chi connectivity index (χ1n) is 4.89. The number of carbonyl (C=O) groups excluding carboxylic acids is 1. The Morgan fingerprint density at radius 1 is 1.47 bits per heavy atom. The van der Waals surface area contributed by atoms with Gasteiger partial charge in [0.15, 0.2) is 0 Å². The number of pyridine rings is 1. The molecule has 0 aromatic carbocycles. The molecule has 0 spiro atoms. The van der Waals surface area contributed by atoms with Gasteiger partial charge in [-0.2, -0.15) is 0 Å². The summed E-state index contributed by atoms with van der Waals surface area (Å²) in [5.41, 5.74) is 6.17. The predicted octanol–water partition coefficient (Wildman–Crippen LogP) is 1.66. The molecule has 1 aromatic rings. The molecule has 1 aromatic heterocycles. The smallest absolute Gasteiger partial charge is 0.257 e. The molecular weight excluding hydrogens is 258 g/mol. The Morgan fingerprint density at radius 3 is 2.80 bits per heavy atom. The first-order valence-corrected chi connectivity index (χ1v) is 5.68. The average molecular weight is 270 g/mol. The van der Waals surface area contributed by atoms with Crippen molar-refractivity contribution in [2.45, 2.75) is 12.8 Å². The fourth-order valence-corrected chi connectivity index (χ4v) is 2.04. The molecule has 0 saturated carbocycles. The standard InChI is InChI=1S/C10H12BrN3O/c11-7-5-8(9(12)13-6-7)10(15)14-3-1-2-4-14/h5-6H,1-4H2,(H2,12,13). The van der Waals surface area contributed by atoms with Crippen molar-refractivity contribution in [3.8, 4) is 0 Å². The first kappa shape index (κ1) is 10.4. The van der Waals surface area contributed by atoms with Crippen LogP contribution in [0.4, 0.5) is 5.82 Å². The minimum Gasteiger partial charge on any atom is -0.383 e. The lowest BCUT2D eigenvalue weighted by Crippen LogP contribution is -2.28. The lowest BCUT2D eigenvalue weighted by molar-refractivity contribution is 0.0793. The van der Waals surface area contributed by atoms with Gasteiger partial charge in [0.2, 0.25) is 0 Å². The number of carbonyl (C=O) groups is 1. The summed E-state index contributed by atoms with van der Waals surface area (Å²) in [5, 5.41) is 0. The Balaban J connectivity index is 2.27. The zero-order valence-corrected chi connectivity index (χ0v) is 9.83. The molecule has 5 heteroatoms. The van der Waals surface area contributed by atoms with Crippen molar-refractivity contribution in [1.82, 2.24) is 9.88 Å². The van der Waals surface area contributed by atoms with Crippen LogP contribution in [0.1, 0.15) is 23.2 Å². The third kappa shape index (κ3) is 2.12. The van der Waals surface area contributed by atoms with Crippen molar-refractivity contribution in [2.24, 2.45) is 0 Å². The molecule has 1 aliphatic heterocycles. The van der Waals surface area contributed by atoms with E-state index >= 15 is 0 Å². The molecule has 2 rings (SSSR count). The summed E-state index contributed by atoms with van der Waals surface area (Å²) in [7, 11) is 0. The monoisotopic (exact) mass is 269 g/mol. The van der Waals surface area contributed by atoms with Crippen LogP contribution in [0.5, 0.6) is 0 Å². The number of amides is 1. The van der Waals surface area contributed by atoms with E-state index in [1.165, 1.54) is 0 Å². The Bertz CT molecular complexity index is 388. The summed E-state index contributed by atoms with van der Waals surface area (Å²) in [4.78, 5) is 17.8. The second-order valence-corrected chi connectivity index (χ2v) is 4.50. The van der Waals surface area contributed by atoms with Crippen LogP contribution in [0.25, 0.3) is 0 Å². The molecule has 1 aliphatic rings.